The zero-order valence-corrected chi connectivity index (χ0v) is 19.3. The number of fused-ring (bicyclic) bond motifs is 2. The van der Waals surface area contributed by atoms with Crippen LogP contribution < -0.4 is 10.0 Å². The van der Waals surface area contributed by atoms with Crippen molar-refractivity contribution >= 4 is 21.7 Å². The Kier molecular flexibility index (Phi) is 5.95. The number of likely N-dealkylation sites (tertiary alicyclic amines) is 1. The van der Waals surface area contributed by atoms with Crippen molar-refractivity contribution in [2.24, 2.45) is 0 Å². The first kappa shape index (κ1) is 21.5. The van der Waals surface area contributed by atoms with Gasteiger partial charge in [0.1, 0.15) is 0 Å². The summed E-state index contributed by atoms with van der Waals surface area (Å²) in [4.78, 5) is 15.2. The number of carbonyl (C=O) groups excluding carboxylic acids is 1. The Labute approximate surface area is 190 Å². The van der Waals surface area contributed by atoms with Crippen LogP contribution in [0.15, 0.2) is 35.2 Å². The molecule has 3 aliphatic rings. The van der Waals surface area contributed by atoms with Gasteiger partial charge in [0, 0.05) is 12.2 Å². The highest BCUT2D eigenvalue weighted by Gasteiger charge is 2.26. The third kappa shape index (κ3) is 4.41. The Balaban J connectivity index is 1.28. The number of anilines is 1. The molecule has 1 heterocycles. The Morgan fingerprint density at radius 2 is 1.47 bits per heavy atom. The van der Waals surface area contributed by atoms with Crippen molar-refractivity contribution in [1.82, 2.24) is 9.62 Å². The average molecular weight is 454 g/mol. The number of hydrogen-bond acceptors (Lipinski definition) is 4. The average Bonchev–Trinajstić information content (AvgIpc) is 3.44. The molecule has 0 radical (unpaired) electrons. The lowest BCUT2D eigenvalue weighted by atomic mass is 9.99. The van der Waals surface area contributed by atoms with Crippen molar-refractivity contribution < 1.29 is 13.2 Å². The Morgan fingerprint density at radius 3 is 2.09 bits per heavy atom. The van der Waals surface area contributed by atoms with Crippen molar-refractivity contribution in [1.29, 1.82) is 0 Å². The van der Waals surface area contributed by atoms with E-state index in [0.29, 0.717) is 0 Å². The molecule has 0 spiro atoms. The Hall–Kier alpha value is -2.38. The summed E-state index contributed by atoms with van der Waals surface area (Å²) in [6.07, 6.45) is 9.82. The van der Waals surface area contributed by atoms with Gasteiger partial charge in [-0.1, -0.05) is 24.6 Å². The van der Waals surface area contributed by atoms with E-state index in [4.69, 9.17) is 0 Å². The summed E-state index contributed by atoms with van der Waals surface area (Å²) in [5.41, 5.74) is 6.89. The first-order valence-corrected chi connectivity index (χ1v) is 13.3. The fourth-order valence-corrected chi connectivity index (χ4v) is 6.34. The molecule has 0 atom stereocenters. The van der Waals surface area contributed by atoms with Gasteiger partial charge < -0.3 is 5.32 Å². The van der Waals surface area contributed by atoms with Crippen molar-refractivity contribution in [3.63, 3.8) is 0 Å². The normalized spacial score (nSPS) is 18.2. The molecule has 1 fully saturated rings. The maximum atomic E-state index is 12.8. The first-order chi connectivity index (χ1) is 15.5. The zero-order valence-electron chi connectivity index (χ0n) is 18.5. The summed E-state index contributed by atoms with van der Waals surface area (Å²) in [5, 5.41) is 2.90. The van der Waals surface area contributed by atoms with Gasteiger partial charge in [0.25, 0.3) is 10.0 Å². The standard InChI is InChI=1S/C25H31N3O3S/c29-25(26-24-22-8-4-6-19(22)16-20-7-5-9-23(20)24)27-32(30,31)21-12-10-18(11-13-21)17-28-14-2-1-3-15-28/h10-13,16H,1-9,14-15,17H2,(H2,26,27,29). The molecule has 2 N–H and O–H groups in total. The monoisotopic (exact) mass is 453 g/mol. The van der Waals surface area contributed by atoms with Gasteiger partial charge in [-0.25, -0.2) is 17.9 Å². The number of hydrogen-bond donors (Lipinski definition) is 2. The van der Waals surface area contributed by atoms with Crippen molar-refractivity contribution in [2.45, 2.75) is 69.2 Å². The molecule has 2 aliphatic carbocycles. The van der Waals surface area contributed by atoms with Gasteiger partial charge >= 0.3 is 6.03 Å². The lowest BCUT2D eigenvalue weighted by Gasteiger charge is -2.26. The van der Waals surface area contributed by atoms with E-state index in [2.05, 4.69) is 21.0 Å². The SMILES string of the molecule is O=C(Nc1c2c(cc3c1CCC3)CCC2)NS(=O)(=O)c1ccc(CN2CCCCC2)cc1. The number of amides is 2. The van der Waals surface area contributed by atoms with E-state index in [9.17, 15) is 13.2 Å². The van der Waals surface area contributed by atoms with E-state index in [1.165, 1.54) is 41.5 Å². The summed E-state index contributed by atoms with van der Waals surface area (Å²) >= 11 is 0. The second-order valence-electron chi connectivity index (χ2n) is 9.27. The summed E-state index contributed by atoms with van der Waals surface area (Å²) in [5.74, 6) is 0. The lowest BCUT2D eigenvalue weighted by Crippen LogP contribution is -2.35. The van der Waals surface area contributed by atoms with Crippen molar-refractivity contribution in [2.75, 3.05) is 18.4 Å². The van der Waals surface area contributed by atoms with Crippen molar-refractivity contribution in [3.8, 4) is 0 Å². The van der Waals surface area contributed by atoms with Crippen LogP contribution in [0, 0.1) is 0 Å². The van der Waals surface area contributed by atoms with E-state index >= 15 is 0 Å². The molecule has 2 aromatic carbocycles. The van der Waals surface area contributed by atoms with Crippen LogP contribution in [-0.2, 0) is 42.3 Å². The number of piperidine rings is 1. The summed E-state index contributed by atoms with van der Waals surface area (Å²) < 4.78 is 27.9. The van der Waals surface area contributed by atoms with Gasteiger partial charge in [-0.15, -0.1) is 0 Å². The number of sulfonamides is 1. The van der Waals surface area contributed by atoms with Crippen LogP contribution in [0.5, 0.6) is 0 Å². The third-order valence-electron chi connectivity index (χ3n) is 7.03. The maximum absolute atomic E-state index is 12.8. The molecule has 170 valence electrons. The van der Waals surface area contributed by atoms with Gasteiger partial charge in [-0.2, -0.15) is 0 Å². The largest absolute Gasteiger partial charge is 0.333 e. The number of nitrogens with zero attached hydrogens (tertiary/aromatic N) is 1. The fraction of sp³-hybridized carbons (Fsp3) is 0.480. The van der Waals surface area contributed by atoms with Crippen LogP contribution in [0.3, 0.4) is 0 Å². The molecule has 7 heteroatoms. The van der Waals surface area contributed by atoms with Crippen LogP contribution in [0.25, 0.3) is 0 Å². The predicted octanol–water partition coefficient (Wildman–Crippen LogP) is 4.16. The van der Waals surface area contributed by atoms with E-state index in [1.807, 2.05) is 12.1 Å². The highest BCUT2D eigenvalue weighted by Crippen LogP contribution is 2.38. The number of nitrogens with one attached hydrogen (secondary N) is 2. The molecule has 0 bridgehead atoms. The second-order valence-corrected chi connectivity index (χ2v) is 11.0. The molecule has 0 unspecified atom stereocenters. The number of benzene rings is 2. The van der Waals surface area contributed by atoms with Gasteiger partial charge in [-0.05, 0) is 104 Å². The van der Waals surface area contributed by atoms with Crippen LogP contribution in [0.4, 0.5) is 10.5 Å². The van der Waals surface area contributed by atoms with Crippen LogP contribution in [-0.4, -0.2) is 32.4 Å². The quantitative estimate of drug-likeness (QED) is 0.713. The topological polar surface area (TPSA) is 78.5 Å². The summed E-state index contributed by atoms with van der Waals surface area (Å²) in [6, 6.07) is 8.47. The zero-order chi connectivity index (χ0) is 22.1. The molecule has 1 aliphatic heterocycles. The van der Waals surface area contributed by atoms with Crippen molar-refractivity contribution in [3.05, 3.63) is 58.1 Å². The molecule has 5 rings (SSSR count). The number of aryl methyl sites for hydroxylation is 2. The Bertz CT molecular complexity index is 1090. The maximum Gasteiger partial charge on any atom is 0.333 e. The van der Waals surface area contributed by atoms with Gasteiger partial charge in [0.05, 0.1) is 4.90 Å². The van der Waals surface area contributed by atoms with E-state index in [-0.39, 0.29) is 4.90 Å². The van der Waals surface area contributed by atoms with Crippen LogP contribution in [0.2, 0.25) is 0 Å². The van der Waals surface area contributed by atoms with Gasteiger partial charge in [0.15, 0.2) is 0 Å². The first-order valence-electron chi connectivity index (χ1n) is 11.8. The molecular weight excluding hydrogens is 422 g/mol. The smallest absolute Gasteiger partial charge is 0.307 e. The number of rotatable bonds is 5. The minimum absolute atomic E-state index is 0.110. The van der Waals surface area contributed by atoms with E-state index in [1.54, 1.807) is 12.1 Å². The highest BCUT2D eigenvalue weighted by atomic mass is 32.2. The minimum atomic E-state index is -3.93. The molecule has 2 amide bonds. The minimum Gasteiger partial charge on any atom is -0.307 e. The fourth-order valence-electron chi connectivity index (χ4n) is 5.44. The number of carbonyl (C=O) groups is 1. The van der Waals surface area contributed by atoms with Crippen LogP contribution >= 0.6 is 0 Å². The summed E-state index contributed by atoms with van der Waals surface area (Å²) in [6.45, 7) is 3.02. The van der Waals surface area contributed by atoms with E-state index in [0.717, 1.165) is 69.4 Å². The molecule has 32 heavy (non-hydrogen) atoms. The molecule has 2 aromatic rings. The molecule has 6 nitrogen and oxygen atoms in total. The lowest BCUT2D eigenvalue weighted by molar-refractivity contribution is 0.221. The van der Waals surface area contributed by atoms with Gasteiger partial charge in [-0.3, -0.25) is 4.90 Å². The highest BCUT2D eigenvalue weighted by molar-refractivity contribution is 7.90. The predicted molar refractivity (Wildman–Crippen MR) is 125 cm³/mol. The third-order valence-corrected chi connectivity index (χ3v) is 8.37. The number of urea groups is 1. The molecule has 1 saturated heterocycles. The molecular formula is C25H31N3O3S. The van der Waals surface area contributed by atoms with E-state index < -0.39 is 16.1 Å². The Morgan fingerprint density at radius 1 is 0.844 bits per heavy atom. The van der Waals surface area contributed by atoms with Gasteiger partial charge in [0.2, 0.25) is 0 Å². The molecule has 0 saturated carbocycles. The second kappa shape index (κ2) is 8.87. The molecule has 0 aromatic heterocycles. The summed E-state index contributed by atoms with van der Waals surface area (Å²) in [7, 11) is -3.93. The van der Waals surface area contributed by atoms with Crippen LogP contribution in [0.1, 0.15) is 59.9 Å².